The highest BCUT2D eigenvalue weighted by Crippen LogP contribution is 2.31. The molecule has 0 spiro atoms. The lowest BCUT2D eigenvalue weighted by atomic mass is 10.0. The molecule has 8 nitrogen and oxygen atoms in total. The van der Waals surface area contributed by atoms with E-state index in [4.69, 9.17) is 0 Å². The van der Waals surface area contributed by atoms with Gasteiger partial charge < -0.3 is 10.2 Å². The van der Waals surface area contributed by atoms with Crippen LogP contribution in [0.4, 0.5) is 5.00 Å². The maximum atomic E-state index is 11.9. The summed E-state index contributed by atoms with van der Waals surface area (Å²) in [6, 6.07) is 2.05. The predicted octanol–water partition coefficient (Wildman–Crippen LogP) is 1.39. The second-order valence-corrected chi connectivity index (χ2v) is 9.92. The van der Waals surface area contributed by atoms with Gasteiger partial charge in [-0.25, -0.2) is 13.4 Å². The number of hydrogen-bond acceptors (Lipinski definition) is 9. The van der Waals surface area contributed by atoms with Crippen LogP contribution in [0.25, 0.3) is 0 Å². The molecule has 4 rings (SSSR count). The summed E-state index contributed by atoms with van der Waals surface area (Å²) in [6.45, 7) is 3.36. The molecular formula is C16H20N6O2S2. The molecule has 0 aromatic carbocycles. The number of anilines is 1. The third-order valence-electron chi connectivity index (χ3n) is 4.55. The van der Waals surface area contributed by atoms with Crippen molar-refractivity contribution in [1.82, 2.24) is 9.91 Å². The zero-order valence-corrected chi connectivity index (χ0v) is 16.4. The number of fused-ring (bicyclic) bond motifs is 1. The van der Waals surface area contributed by atoms with Gasteiger partial charge in [-0.2, -0.15) is 5.10 Å². The molecule has 0 aliphatic carbocycles. The SMILES string of the molecule is Cc1cc(NC2=NC=CN3C2=NCC3C2C=NN(C)C2)sc1S(C)(=O)=O. The first-order valence-corrected chi connectivity index (χ1v) is 10.9. The quantitative estimate of drug-likeness (QED) is 0.839. The lowest BCUT2D eigenvalue weighted by Crippen LogP contribution is -2.44. The Bertz CT molecular complexity index is 959. The Hall–Kier alpha value is -2.20. The van der Waals surface area contributed by atoms with Crippen molar-refractivity contribution in [1.29, 1.82) is 0 Å². The van der Waals surface area contributed by atoms with E-state index < -0.39 is 9.84 Å². The molecule has 3 aliphatic heterocycles. The molecule has 0 saturated carbocycles. The predicted molar refractivity (Wildman–Crippen MR) is 105 cm³/mol. The summed E-state index contributed by atoms with van der Waals surface area (Å²) >= 11 is 1.22. The maximum absolute atomic E-state index is 11.9. The number of nitrogens with one attached hydrogen (secondary N) is 1. The molecule has 0 saturated heterocycles. The summed E-state index contributed by atoms with van der Waals surface area (Å²) in [4.78, 5) is 11.2. The molecule has 2 unspecified atom stereocenters. The normalized spacial score (nSPS) is 24.7. The molecule has 1 aromatic heterocycles. The Labute approximate surface area is 156 Å². The fourth-order valence-corrected chi connectivity index (χ4v) is 5.71. The Kier molecular flexibility index (Phi) is 4.11. The van der Waals surface area contributed by atoms with Gasteiger partial charge >= 0.3 is 0 Å². The van der Waals surface area contributed by atoms with Crippen molar-refractivity contribution in [2.75, 3.05) is 31.7 Å². The molecular weight excluding hydrogens is 372 g/mol. The number of hydrazone groups is 1. The minimum absolute atomic E-state index is 0.221. The summed E-state index contributed by atoms with van der Waals surface area (Å²) in [6.07, 6.45) is 6.89. The van der Waals surface area contributed by atoms with Crippen LogP contribution in [0.2, 0.25) is 0 Å². The molecule has 138 valence electrons. The van der Waals surface area contributed by atoms with E-state index in [2.05, 4.69) is 25.3 Å². The molecule has 10 heteroatoms. The second-order valence-electron chi connectivity index (χ2n) is 6.66. The van der Waals surface area contributed by atoms with Crippen molar-refractivity contribution in [3.8, 4) is 0 Å². The minimum Gasteiger partial charge on any atom is -0.329 e. The molecule has 0 radical (unpaired) electrons. The van der Waals surface area contributed by atoms with Gasteiger partial charge in [-0.1, -0.05) is 0 Å². The second kappa shape index (κ2) is 6.20. The minimum atomic E-state index is -3.23. The first-order valence-electron chi connectivity index (χ1n) is 8.23. The summed E-state index contributed by atoms with van der Waals surface area (Å²) < 4.78 is 24.1. The van der Waals surface area contributed by atoms with Crippen molar-refractivity contribution < 1.29 is 8.42 Å². The van der Waals surface area contributed by atoms with Gasteiger partial charge in [-0.05, 0) is 18.6 Å². The topological polar surface area (TPSA) is 89.7 Å². The largest absolute Gasteiger partial charge is 0.329 e. The molecule has 0 bridgehead atoms. The van der Waals surface area contributed by atoms with Crippen LogP contribution in [0, 0.1) is 12.8 Å². The number of thiophene rings is 1. The lowest BCUT2D eigenvalue weighted by molar-refractivity contribution is 0.299. The Balaban J connectivity index is 1.54. The van der Waals surface area contributed by atoms with Crippen LogP contribution in [-0.4, -0.2) is 68.6 Å². The van der Waals surface area contributed by atoms with E-state index in [-0.39, 0.29) is 6.04 Å². The molecule has 4 heterocycles. The van der Waals surface area contributed by atoms with Gasteiger partial charge in [0.25, 0.3) is 0 Å². The number of aryl methyl sites for hydroxylation is 1. The van der Waals surface area contributed by atoms with Crippen LogP contribution in [0.3, 0.4) is 0 Å². The third kappa shape index (κ3) is 3.03. The van der Waals surface area contributed by atoms with E-state index in [0.29, 0.717) is 22.5 Å². The average molecular weight is 393 g/mol. The number of hydrogen-bond donors (Lipinski definition) is 1. The van der Waals surface area contributed by atoms with Gasteiger partial charge in [-0.15, -0.1) is 11.3 Å². The van der Waals surface area contributed by atoms with Crippen LogP contribution in [-0.2, 0) is 9.84 Å². The van der Waals surface area contributed by atoms with Gasteiger partial charge in [0.15, 0.2) is 21.5 Å². The van der Waals surface area contributed by atoms with E-state index in [1.807, 2.05) is 30.5 Å². The standard InChI is InChI=1S/C16H20N6O2S2/c1-10-6-13(25-16(10)26(3,23)24)20-14-15-18-8-12(22(15)5-4-17-14)11-7-19-21(2)9-11/h4-7,11-12H,8-9H2,1-3H3,(H,17,20). The molecule has 26 heavy (non-hydrogen) atoms. The zero-order valence-electron chi connectivity index (χ0n) is 14.7. The molecule has 0 amide bonds. The molecule has 3 aliphatic rings. The average Bonchev–Trinajstić information content (AvgIpc) is 3.25. The van der Waals surface area contributed by atoms with E-state index in [1.165, 1.54) is 17.6 Å². The van der Waals surface area contributed by atoms with Crippen molar-refractivity contribution in [2.24, 2.45) is 21.0 Å². The monoisotopic (exact) mass is 392 g/mol. The summed E-state index contributed by atoms with van der Waals surface area (Å²) in [5, 5.41) is 10.2. The number of nitrogens with zero attached hydrogens (tertiary/aromatic N) is 5. The number of sulfone groups is 1. The van der Waals surface area contributed by atoms with Crippen molar-refractivity contribution >= 4 is 44.1 Å². The maximum Gasteiger partial charge on any atom is 0.185 e. The highest BCUT2D eigenvalue weighted by atomic mass is 32.2. The van der Waals surface area contributed by atoms with Gasteiger partial charge in [0, 0.05) is 44.4 Å². The van der Waals surface area contributed by atoms with E-state index in [9.17, 15) is 8.42 Å². The number of rotatable bonds is 3. The van der Waals surface area contributed by atoms with Gasteiger partial charge in [0.05, 0.1) is 17.6 Å². The highest BCUT2D eigenvalue weighted by Gasteiger charge is 2.37. The van der Waals surface area contributed by atoms with Crippen LogP contribution in [0.1, 0.15) is 5.56 Å². The number of aliphatic imine (C=N–C) groups is 2. The Morgan fingerprint density at radius 3 is 2.85 bits per heavy atom. The van der Waals surface area contributed by atoms with Crippen LogP contribution < -0.4 is 5.32 Å². The molecule has 1 N–H and O–H groups in total. The lowest BCUT2D eigenvalue weighted by Gasteiger charge is -2.29. The summed E-state index contributed by atoms with van der Waals surface area (Å²) in [7, 11) is -1.27. The first kappa shape index (κ1) is 17.2. The first-order chi connectivity index (χ1) is 12.3. The zero-order chi connectivity index (χ0) is 18.5. The van der Waals surface area contributed by atoms with Gasteiger partial charge in [0.1, 0.15) is 4.21 Å². The molecule has 0 fully saturated rings. The third-order valence-corrected chi connectivity index (χ3v) is 7.65. The number of amidine groups is 2. The fraction of sp³-hybridized carbons (Fsp3) is 0.438. The van der Waals surface area contributed by atoms with Crippen molar-refractivity contribution in [3.63, 3.8) is 0 Å². The van der Waals surface area contributed by atoms with E-state index in [0.717, 1.165) is 22.9 Å². The molecule has 1 aromatic rings. The Morgan fingerprint density at radius 2 is 2.19 bits per heavy atom. The summed E-state index contributed by atoms with van der Waals surface area (Å²) in [5.74, 6) is 1.73. The summed E-state index contributed by atoms with van der Waals surface area (Å²) in [5.41, 5.74) is 0.736. The van der Waals surface area contributed by atoms with Gasteiger partial charge in [0.2, 0.25) is 0 Å². The van der Waals surface area contributed by atoms with Crippen LogP contribution in [0.5, 0.6) is 0 Å². The smallest absolute Gasteiger partial charge is 0.185 e. The molecule has 2 atom stereocenters. The van der Waals surface area contributed by atoms with Crippen LogP contribution in [0.15, 0.2) is 37.8 Å². The fourth-order valence-electron chi connectivity index (χ4n) is 3.38. The van der Waals surface area contributed by atoms with Crippen molar-refractivity contribution in [2.45, 2.75) is 17.2 Å². The Morgan fingerprint density at radius 1 is 1.38 bits per heavy atom. The highest BCUT2D eigenvalue weighted by molar-refractivity contribution is 7.92. The van der Waals surface area contributed by atoms with E-state index >= 15 is 0 Å². The van der Waals surface area contributed by atoms with E-state index in [1.54, 1.807) is 13.1 Å². The van der Waals surface area contributed by atoms with Gasteiger partial charge in [-0.3, -0.25) is 10.0 Å². The van der Waals surface area contributed by atoms with Crippen molar-refractivity contribution in [3.05, 3.63) is 24.0 Å². The van der Waals surface area contributed by atoms with Crippen LogP contribution >= 0.6 is 11.3 Å².